The van der Waals surface area contributed by atoms with Gasteiger partial charge in [-0.2, -0.15) is 0 Å². The summed E-state index contributed by atoms with van der Waals surface area (Å²) in [6.07, 6.45) is -0.0262. The second-order valence-corrected chi connectivity index (χ2v) is 3.57. The highest BCUT2D eigenvalue weighted by molar-refractivity contribution is 5.57. The van der Waals surface area contributed by atoms with Crippen LogP contribution < -0.4 is 4.74 Å². The highest BCUT2D eigenvalue weighted by Crippen LogP contribution is 2.28. The number of carbonyl (C=O) groups excluding carboxylic acids is 1. The molecule has 1 aliphatic heterocycles. The lowest BCUT2D eigenvalue weighted by molar-refractivity contribution is -0.119. The summed E-state index contributed by atoms with van der Waals surface area (Å²) in [4.78, 5) is 10.4. The summed E-state index contributed by atoms with van der Waals surface area (Å²) in [6, 6.07) is 4.24. The van der Waals surface area contributed by atoms with Gasteiger partial charge in [0.1, 0.15) is 23.8 Å². The van der Waals surface area contributed by atoms with Crippen LogP contribution in [0.4, 0.5) is 4.39 Å². The van der Waals surface area contributed by atoms with E-state index >= 15 is 0 Å². The Balaban J connectivity index is 0.000000686. The second kappa shape index (κ2) is 6.35. The van der Waals surface area contributed by atoms with Crippen molar-refractivity contribution in [3.8, 4) is 5.75 Å². The van der Waals surface area contributed by atoms with Crippen molar-refractivity contribution in [3.63, 3.8) is 0 Å². The van der Waals surface area contributed by atoms with E-state index in [9.17, 15) is 14.3 Å². The van der Waals surface area contributed by atoms with Crippen LogP contribution in [0.3, 0.4) is 0 Å². The Morgan fingerprint density at radius 3 is 2.88 bits per heavy atom. The van der Waals surface area contributed by atoms with Gasteiger partial charge < -0.3 is 14.6 Å². The Morgan fingerprint density at radius 2 is 2.24 bits per heavy atom. The number of rotatable bonds is 2. The molecule has 2 rings (SSSR count). The quantitative estimate of drug-likeness (QED) is 0.805. The summed E-state index contributed by atoms with van der Waals surface area (Å²) in [6.45, 7) is 4.00. The second-order valence-electron chi connectivity index (χ2n) is 3.57. The maximum absolute atomic E-state index is 12.9. The van der Waals surface area contributed by atoms with Crippen molar-refractivity contribution in [2.24, 2.45) is 0 Å². The minimum Gasteiger partial charge on any atom is -0.487 e. The number of aliphatic hydroxyl groups excluding tert-OH is 1. The van der Waals surface area contributed by atoms with E-state index in [1.54, 1.807) is 0 Å². The predicted molar refractivity (Wildman–Crippen MR) is 62.6 cm³/mol. The monoisotopic (exact) mass is 240 g/mol. The van der Waals surface area contributed by atoms with Gasteiger partial charge in [-0.25, -0.2) is 4.39 Å². The molecule has 2 unspecified atom stereocenters. The third kappa shape index (κ3) is 3.27. The molecule has 0 saturated carbocycles. The first-order valence-corrected chi connectivity index (χ1v) is 5.79. The van der Waals surface area contributed by atoms with Gasteiger partial charge >= 0.3 is 0 Å². The van der Waals surface area contributed by atoms with Crippen LogP contribution in [0, 0.1) is 5.82 Å². The molecule has 0 spiro atoms. The minimum atomic E-state index is -1.11. The fourth-order valence-electron chi connectivity index (χ4n) is 1.71. The Bertz CT molecular complexity index is 379. The average molecular weight is 240 g/mol. The van der Waals surface area contributed by atoms with Crippen LogP contribution in [0.1, 0.15) is 25.8 Å². The number of aldehydes is 1. The Kier molecular flexibility index (Phi) is 5.10. The maximum Gasteiger partial charge on any atom is 0.152 e. The lowest BCUT2D eigenvalue weighted by atomic mass is 9.99. The van der Waals surface area contributed by atoms with E-state index in [4.69, 9.17) is 4.74 Å². The molecule has 94 valence electrons. The Morgan fingerprint density at radius 1 is 1.53 bits per heavy atom. The molecule has 17 heavy (non-hydrogen) atoms. The van der Waals surface area contributed by atoms with Gasteiger partial charge in [-0.05, 0) is 36.6 Å². The first-order valence-electron chi connectivity index (χ1n) is 5.79. The molecule has 2 atom stereocenters. The number of carbonyl (C=O) groups is 1. The number of benzene rings is 1. The summed E-state index contributed by atoms with van der Waals surface area (Å²) in [5, 5.41) is 9.30. The standard InChI is InChI=1S/C11H11FO3.C2H6/c12-8-2-4-10-7(5-8)1-3-11(15-10)9(14)6-13;1-2/h2,4-6,9,11,14H,1,3H2;1-2H3. The number of hydrogen-bond acceptors (Lipinski definition) is 3. The van der Waals surface area contributed by atoms with E-state index < -0.39 is 12.2 Å². The predicted octanol–water partition coefficient (Wildman–Crippen LogP) is 2.11. The molecule has 1 heterocycles. The summed E-state index contributed by atoms with van der Waals surface area (Å²) >= 11 is 0. The van der Waals surface area contributed by atoms with E-state index in [0.29, 0.717) is 24.9 Å². The molecule has 0 fully saturated rings. The van der Waals surface area contributed by atoms with Crippen LogP contribution in [-0.2, 0) is 11.2 Å². The smallest absolute Gasteiger partial charge is 0.152 e. The van der Waals surface area contributed by atoms with Crippen molar-refractivity contribution in [3.05, 3.63) is 29.6 Å². The van der Waals surface area contributed by atoms with Crippen LogP contribution >= 0.6 is 0 Å². The van der Waals surface area contributed by atoms with Crippen LogP contribution in [-0.4, -0.2) is 23.6 Å². The molecule has 0 aromatic heterocycles. The van der Waals surface area contributed by atoms with Crippen LogP contribution in [0.2, 0.25) is 0 Å². The van der Waals surface area contributed by atoms with E-state index in [-0.39, 0.29) is 5.82 Å². The summed E-state index contributed by atoms with van der Waals surface area (Å²) in [5.74, 6) is 0.250. The van der Waals surface area contributed by atoms with E-state index in [1.807, 2.05) is 13.8 Å². The molecule has 0 saturated heterocycles. The largest absolute Gasteiger partial charge is 0.487 e. The minimum absolute atomic E-state index is 0.299. The van der Waals surface area contributed by atoms with Crippen molar-refractivity contribution < 1.29 is 19.0 Å². The van der Waals surface area contributed by atoms with Gasteiger partial charge in [-0.15, -0.1) is 0 Å². The van der Waals surface area contributed by atoms with Gasteiger partial charge in [0.25, 0.3) is 0 Å². The van der Waals surface area contributed by atoms with Gasteiger partial charge in [0, 0.05) is 0 Å². The molecule has 0 aliphatic carbocycles. The first-order chi connectivity index (χ1) is 8.20. The van der Waals surface area contributed by atoms with Gasteiger partial charge in [0.2, 0.25) is 0 Å². The van der Waals surface area contributed by atoms with Crippen LogP contribution in [0.25, 0.3) is 0 Å². The lowest BCUT2D eigenvalue weighted by Gasteiger charge is -2.27. The summed E-state index contributed by atoms with van der Waals surface area (Å²) < 4.78 is 18.2. The zero-order valence-electron chi connectivity index (χ0n) is 10.0. The average Bonchev–Trinajstić information content (AvgIpc) is 2.39. The SMILES string of the molecule is CC.O=CC(O)C1CCc2cc(F)ccc2O1. The lowest BCUT2D eigenvalue weighted by Crippen LogP contribution is -2.35. The van der Waals surface area contributed by atoms with Crippen LogP contribution in [0.5, 0.6) is 5.75 Å². The van der Waals surface area contributed by atoms with Crippen LogP contribution in [0.15, 0.2) is 18.2 Å². The number of aliphatic hydroxyl groups is 1. The van der Waals surface area contributed by atoms with Crippen molar-refractivity contribution in [1.82, 2.24) is 0 Å². The van der Waals surface area contributed by atoms with Gasteiger partial charge in [-0.1, -0.05) is 13.8 Å². The van der Waals surface area contributed by atoms with Gasteiger partial charge in [-0.3, -0.25) is 0 Å². The molecular weight excluding hydrogens is 223 g/mol. The molecule has 1 aromatic rings. The zero-order chi connectivity index (χ0) is 12.8. The molecule has 1 N–H and O–H groups in total. The zero-order valence-corrected chi connectivity index (χ0v) is 10.0. The van der Waals surface area contributed by atoms with E-state index in [1.165, 1.54) is 18.2 Å². The summed E-state index contributed by atoms with van der Waals surface area (Å²) in [7, 11) is 0. The van der Waals surface area contributed by atoms with E-state index in [0.717, 1.165) is 5.56 Å². The van der Waals surface area contributed by atoms with Crippen molar-refractivity contribution in [2.45, 2.75) is 38.9 Å². The summed E-state index contributed by atoms with van der Waals surface area (Å²) in [5.41, 5.74) is 0.782. The highest BCUT2D eigenvalue weighted by Gasteiger charge is 2.25. The highest BCUT2D eigenvalue weighted by atomic mass is 19.1. The Labute approximate surface area is 100 Å². The van der Waals surface area contributed by atoms with Crippen molar-refractivity contribution in [2.75, 3.05) is 0 Å². The van der Waals surface area contributed by atoms with Gasteiger partial charge in [0.15, 0.2) is 6.29 Å². The van der Waals surface area contributed by atoms with Gasteiger partial charge in [0.05, 0.1) is 0 Å². The molecule has 1 aromatic carbocycles. The topological polar surface area (TPSA) is 46.5 Å². The normalized spacial score (nSPS) is 19.2. The molecule has 0 amide bonds. The number of aryl methyl sites for hydroxylation is 1. The first kappa shape index (κ1) is 13.6. The van der Waals surface area contributed by atoms with Crippen molar-refractivity contribution >= 4 is 6.29 Å². The Hall–Kier alpha value is -1.42. The maximum atomic E-state index is 12.9. The third-order valence-corrected chi connectivity index (χ3v) is 2.52. The molecule has 3 nitrogen and oxygen atoms in total. The molecular formula is C13H17FO3. The molecule has 0 bridgehead atoms. The van der Waals surface area contributed by atoms with Crippen molar-refractivity contribution in [1.29, 1.82) is 0 Å². The number of hydrogen-bond donors (Lipinski definition) is 1. The fourth-order valence-corrected chi connectivity index (χ4v) is 1.71. The van der Waals surface area contributed by atoms with E-state index in [2.05, 4.69) is 0 Å². The molecule has 0 radical (unpaired) electrons. The molecule has 4 heteroatoms. The molecule has 1 aliphatic rings. The third-order valence-electron chi connectivity index (χ3n) is 2.52. The fraction of sp³-hybridized carbons (Fsp3) is 0.462. The number of ether oxygens (including phenoxy) is 1. The number of halogens is 1. The number of fused-ring (bicyclic) bond motifs is 1.